The summed E-state index contributed by atoms with van der Waals surface area (Å²) in [6.45, 7) is 5.49. The van der Waals surface area contributed by atoms with Gasteiger partial charge in [0.2, 0.25) is 5.91 Å². The fraction of sp³-hybridized carbons (Fsp3) is 0.364. The number of rotatable bonds is 6. The van der Waals surface area contributed by atoms with E-state index in [1.54, 1.807) is 0 Å². The molecule has 0 aliphatic carbocycles. The van der Waals surface area contributed by atoms with Gasteiger partial charge >= 0.3 is 0 Å². The van der Waals surface area contributed by atoms with Crippen molar-refractivity contribution in [3.63, 3.8) is 0 Å². The normalized spacial score (nSPS) is 12.8. The molecular formula is C22H26N2O2. The number of anilines is 1. The average Bonchev–Trinajstić information content (AvgIpc) is 3.11. The Balaban J connectivity index is 1.74. The SMILES string of the molecule is CCCCNC(=O)c1ccc(-c2ccc3c(c2)CCN3C(=O)CC)cc1. The van der Waals surface area contributed by atoms with Gasteiger partial charge in [-0.25, -0.2) is 0 Å². The molecular weight excluding hydrogens is 324 g/mol. The molecule has 2 amide bonds. The van der Waals surface area contributed by atoms with Crippen molar-refractivity contribution in [1.29, 1.82) is 0 Å². The number of nitrogens with zero attached hydrogens (tertiary/aromatic N) is 1. The summed E-state index contributed by atoms with van der Waals surface area (Å²) >= 11 is 0. The Hall–Kier alpha value is -2.62. The molecule has 4 nitrogen and oxygen atoms in total. The first kappa shape index (κ1) is 18.2. The van der Waals surface area contributed by atoms with Crippen molar-refractivity contribution in [3.8, 4) is 11.1 Å². The number of amides is 2. The Bertz CT molecular complexity index is 796. The highest BCUT2D eigenvalue weighted by molar-refractivity contribution is 5.96. The maximum absolute atomic E-state index is 12.1. The molecule has 3 rings (SSSR count). The highest BCUT2D eigenvalue weighted by Crippen LogP contribution is 2.32. The van der Waals surface area contributed by atoms with Crippen LogP contribution in [0.2, 0.25) is 0 Å². The first-order valence-corrected chi connectivity index (χ1v) is 9.46. The van der Waals surface area contributed by atoms with Gasteiger partial charge in [-0.2, -0.15) is 0 Å². The van der Waals surface area contributed by atoms with Crippen molar-refractivity contribution in [3.05, 3.63) is 53.6 Å². The van der Waals surface area contributed by atoms with Crippen LogP contribution >= 0.6 is 0 Å². The number of fused-ring (bicyclic) bond motifs is 1. The number of hydrogen-bond acceptors (Lipinski definition) is 2. The van der Waals surface area contributed by atoms with Crippen LogP contribution in [0.25, 0.3) is 11.1 Å². The second-order valence-corrected chi connectivity index (χ2v) is 6.68. The second-order valence-electron chi connectivity index (χ2n) is 6.68. The molecule has 0 spiro atoms. The van der Waals surface area contributed by atoms with Crippen molar-refractivity contribution in [1.82, 2.24) is 5.32 Å². The van der Waals surface area contributed by atoms with E-state index in [0.717, 1.165) is 49.2 Å². The molecule has 1 heterocycles. The molecule has 26 heavy (non-hydrogen) atoms. The van der Waals surface area contributed by atoms with Crippen LogP contribution in [-0.4, -0.2) is 24.9 Å². The number of carbonyl (C=O) groups is 2. The molecule has 136 valence electrons. The van der Waals surface area contributed by atoms with Crippen LogP contribution in [0.15, 0.2) is 42.5 Å². The van der Waals surface area contributed by atoms with Gasteiger partial charge in [0.1, 0.15) is 0 Å². The van der Waals surface area contributed by atoms with Gasteiger partial charge in [-0.05, 0) is 53.8 Å². The molecule has 2 aromatic carbocycles. The molecule has 0 aromatic heterocycles. The van der Waals surface area contributed by atoms with Gasteiger partial charge in [0.15, 0.2) is 0 Å². The van der Waals surface area contributed by atoms with E-state index in [-0.39, 0.29) is 11.8 Å². The molecule has 0 atom stereocenters. The van der Waals surface area contributed by atoms with Gasteiger partial charge in [-0.1, -0.05) is 38.5 Å². The Kier molecular flexibility index (Phi) is 5.71. The molecule has 1 aliphatic rings. The van der Waals surface area contributed by atoms with Gasteiger partial charge in [-0.15, -0.1) is 0 Å². The highest BCUT2D eigenvalue weighted by atomic mass is 16.2. The maximum Gasteiger partial charge on any atom is 0.251 e. The fourth-order valence-corrected chi connectivity index (χ4v) is 3.33. The quantitative estimate of drug-likeness (QED) is 0.795. The van der Waals surface area contributed by atoms with E-state index in [9.17, 15) is 9.59 Å². The molecule has 0 saturated carbocycles. The molecule has 0 radical (unpaired) electrons. The fourth-order valence-electron chi connectivity index (χ4n) is 3.33. The highest BCUT2D eigenvalue weighted by Gasteiger charge is 2.23. The number of carbonyl (C=O) groups excluding carboxylic acids is 2. The Labute approximate surface area is 155 Å². The van der Waals surface area contributed by atoms with E-state index in [4.69, 9.17) is 0 Å². The molecule has 0 unspecified atom stereocenters. The molecule has 0 saturated heterocycles. The van der Waals surface area contributed by atoms with Crippen molar-refractivity contribution in [2.45, 2.75) is 39.5 Å². The topological polar surface area (TPSA) is 49.4 Å². The van der Waals surface area contributed by atoms with Crippen molar-refractivity contribution < 1.29 is 9.59 Å². The third kappa shape index (κ3) is 3.79. The van der Waals surface area contributed by atoms with Gasteiger partial charge in [0.05, 0.1) is 0 Å². The first-order chi connectivity index (χ1) is 12.6. The number of benzene rings is 2. The summed E-state index contributed by atoms with van der Waals surface area (Å²) < 4.78 is 0. The molecule has 2 aromatic rings. The summed E-state index contributed by atoms with van der Waals surface area (Å²) in [6, 6.07) is 14.0. The van der Waals surface area contributed by atoms with Crippen molar-refractivity contribution in [2.24, 2.45) is 0 Å². The largest absolute Gasteiger partial charge is 0.352 e. The number of hydrogen-bond donors (Lipinski definition) is 1. The summed E-state index contributed by atoms with van der Waals surface area (Å²) in [5, 5.41) is 2.94. The molecule has 4 heteroatoms. The number of nitrogens with one attached hydrogen (secondary N) is 1. The van der Waals surface area contributed by atoms with Gasteiger partial charge < -0.3 is 10.2 Å². The van der Waals surface area contributed by atoms with E-state index in [1.165, 1.54) is 5.56 Å². The third-order valence-corrected chi connectivity index (χ3v) is 4.87. The van der Waals surface area contributed by atoms with E-state index in [2.05, 4.69) is 24.4 Å². The smallest absolute Gasteiger partial charge is 0.251 e. The minimum atomic E-state index is -0.0207. The summed E-state index contributed by atoms with van der Waals surface area (Å²) in [5.74, 6) is 0.155. The van der Waals surface area contributed by atoms with Crippen LogP contribution in [-0.2, 0) is 11.2 Å². The van der Waals surface area contributed by atoms with E-state index < -0.39 is 0 Å². The molecule has 1 N–H and O–H groups in total. The zero-order chi connectivity index (χ0) is 18.5. The summed E-state index contributed by atoms with van der Waals surface area (Å²) in [6.07, 6.45) is 3.49. The van der Waals surface area contributed by atoms with Crippen molar-refractivity contribution >= 4 is 17.5 Å². The van der Waals surface area contributed by atoms with Gasteiger partial charge in [0, 0.05) is 30.8 Å². The summed E-state index contributed by atoms with van der Waals surface area (Å²) in [4.78, 5) is 26.0. The van der Waals surface area contributed by atoms with Crippen molar-refractivity contribution in [2.75, 3.05) is 18.0 Å². The van der Waals surface area contributed by atoms with E-state index >= 15 is 0 Å². The van der Waals surface area contributed by atoms with E-state index in [0.29, 0.717) is 12.0 Å². The lowest BCUT2D eigenvalue weighted by molar-refractivity contribution is -0.118. The third-order valence-electron chi connectivity index (χ3n) is 4.87. The molecule has 1 aliphatic heterocycles. The van der Waals surface area contributed by atoms with Crippen LogP contribution in [0.3, 0.4) is 0 Å². The van der Waals surface area contributed by atoms with E-state index in [1.807, 2.05) is 42.2 Å². The van der Waals surface area contributed by atoms with Crippen LogP contribution in [0.5, 0.6) is 0 Å². The minimum Gasteiger partial charge on any atom is -0.352 e. The average molecular weight is 350 g/mol. The Morgan fingerprint density at radius 3 is 2.46 bits per heavy atom. The molecule has 0 bridgehead atoms. The lowest BCUT2D eigenvalue weighted by Crippen LogP contribution is -2.27. The second kappa shape index (κ2) is 8.17. The monoisotopic (exact) mass is 350 g/mol. The predicted octanol–water partition coefficient (Wildman–Crippen LogP) is 4.18. The van der Waals surface area contributed by atoms with Crippen LogP contribution < -0.4 is 10.2 Å². The minimum absolute atomic E-state index is 0.0207. The van der Waals surface area contributed by atoms with Crippen LogP contribution in [0, 0.1) is 0 Å². The predicted molar refractivity (Wildman–Crippen MR) is 105 cm³/mol. The zero-order valence-corrected chi connectivity index (χ0v) is 15.5. The maximum atomic E-state index is 12.1. The Morgan fingerprint density at radius 2 is 1.77 bits per heavy atom. The van der Waals surface area contributed by atoms with Crippen LogP contribution in [0.4, 0.5) is 5.69 Å². The standard InChI is InChI=1S/C22H26N2O2/c1-3-5-13-23-22(26)17-8-6-16(7-9-17)18-10-11-20-19(15-18)12-14-24(20)21(25)4-2/h6-11,15H,3-5,12-14H2,1-2H3,(H,23,26). The first-order valence-electron chi connectivity index (χ1n) is 9.46. The lowest BCUT2D eigenvalue weighted by atomic mass is 10.0. The van der Waals surface area contributed by atoms with Gasteiger partial charge in [-0.3, -0.25) is 9.59 Å². The summed E-state index contributed by atoms with van der Waals surface area (Å²) in [5.41, 5.74) is 5.13. The zero-order valence-electron chi connectivity index (χ0n) is 15.5. The lowest BCUT2D eigenvalue weighted by Gasteiger charge is -2.16. The summed E-state index contributed by atoms with van der Waals surface area (Å²) in [7, 11) is 0. The van der Waals surface area contributed by atoms with Gasteiger partial charge in [0.25, 0.3) is 5.91 Å². The Morgan fingerprint density at radius 1 is 1.04 bits per heavy atom. The van der Waals surface area contributed by atoms with Crippen LogP contribution in [0.1, 0.15) is 49.0 Å². The number of unbranched alkanes of at least 4 members (excludes halogenated alkanes) is 1. The molecule has 0 fully saturated rings.